The van der Waals surface area contributed by atoms with E-state index in [2.05, 4.69) is 11.2 Å². The van der Waals surface area contributed by atoms with Crippen molar-refractivity contribution in [1.29, 1.82) is 0 Å². The van der Waals surface area contributed by atoms with Crippen molar-refractivity contribution < 1.29 is 31.9 Å². The maximum atomic E-state index is 13.3. The van der Waals surface area contributed by atoms with Crippen LogP contribution in [0.3, 0.4) is 0 Å². The van der Waals surface area contributed by atoms with E-state index in [0.717, 1.165) is 30.5 Å². The second kappa shape index (κ2) is 19.5. The average Bonchev–Trinajstić information content (AvgIpc) is 2.93. The lowest BCUT2D eigenvalue weighted by molar-refractivity contribution is -0.138. The van der Waals surface area contributed by atoms with Crippen LogP contribution in [0.2, 0.25) is 0 Å². The molecule has 1 atom stereocenters. The minimum absolute atomic E-state index is 0.115. The molecule has 0 saturated carbocycles. The fourth-order valence-electron chi connectivity index (χ4n) is 3.44. The minimum Gasteiger partial charge on any atom is -0.493 e. The molecule has 0 aromatic heterocycles. The molecule has 0 spiro atoms. The number of hydrogen-bond acceptors (Lipinski definition) is 4. The number of alkyl halides is 3. The van der Waals surface area contributed by atoms with Crippen molar-refractivity contribution in [3.8, 4) is 18.1 Å². The first-order chi connectivity index (χ1) is 18.9. The zero-order chi connectivity index (χ0) is 30.7. The van der Waals surface area contributed by atoms with Gasteiger partial charge in [0.05, 0.1) is 12.2 Å². The van der Waals surface area contributed by atoms with Gasteiger partial charge in [-0.05, 0) is 55.5 Å². The van der Waals surface area contributed by atoms with E-state index < -0.39 is 17.8 Å². The third kappa shape index (κ3) is 14.0. The summed E-state index contributed by atoms with van der Waals surface area (Å²) in [5, 5.41) is 2.52. The number of halogens is 4. The van der Waals surface area contributed by atoms with Crippen LogP contribution in [0.25, 0.3) is 0 Å². The Morgan fingerprint density at radius 1 is 1.12 bits per heavy atom. The van der Waals surface area contributed by atoms with Crippen LogP contribution in [0, 0.1) is 25.1 Å². The first-order valence-electron chi connectivity index (χ1n) is 13.1. The zero-order valence-electron chi connectivity index (χ0n) is 23.9. The number of nitrogens with one attached hydrogen (secondary N) is 1. The summed E-state index contributed by atoms with van der Waals surface area (Å²) < 4.78 is 55.0. The summed E-state index contributed by atoms with van der Waals surface area (Å²) in [5.41, 5.74) is 5.85. The van der Waals surface area contributed by atoms with Crippen LogP contribution < -0.4 is 15.8 Å². The first-order valence-corrected chi connectivity index (χ1v) is 13.1. The van der Waals surface area contributed by atoms with Gasteiger partial charge in [0.25, 0.3) is 0 Å². The fraction of sp³-hybridized carbons (Fsp3) is 0.467. The molecule has 2 aromatic carbocycles. The van der Waals surface area contributed by atoms with Crippen molar-refractivity contribution in [2.24, 2.45) is 5.73 Å². The van der Waals surface area contributed by atoms with Crippen LogP contribution in [-0.2, 0) is 22.3 Å². The predicted molar refractivity (Wildman–Crippen MR) is 150 cm³/mol. The second-order valence-electron chi connectivity index (χ2n) is 8.57. The molecule has 0 saturated heterocycles. The molecule has 0 heterocycles. The molecule has 10 heteroatoms. The molecule has 2 aromatic rings. The number of nitrogens with zero attached hydrogens (tertiary/aromatic N) is 1. The average molecular weight is 568 g/mol. The van der Waals surface area contributed by atoms with E-state index in [4.69, 9.17) is 16.9 Å². The standard InChI is InChI=1S/C20H27FN2O3.C8H8F3N.C2H6/c1-5-9-18(20(25)22-3)23(4)19(24)10-7-6-8-11-26-17-13-15(2)12-16(21)14-17;9-8(10,11)7-3-1-2-6(4-7)5-12;1-2/h1,12-14,18H,6-11H2,2-4H3,(H,22,25);1-4H,5,12H2;1-2H3. The number of terminal acetylenes is 1. The van der Waals surface area contributed by atoms with Crippen LogP contribution in [-0.4, -0.2) is 43.5 Å². The molecule has 222 valence electrons. The molecule has 0 bridgehead atoms. The van der Waals surface area contributed by atoms with Crippen LogP contribution in [0.15, 0.2) is 42.5 Å². The number of hydrogen-bond donors (Lipinski definition) is 2. The number of rotatable bonds is 11. The number of carbonyl (C=O) groups is 2. The molecule has 0 aliphatic carbocycles. The number of aryl methyl sites for hydroxylation is 1. The molecular weight excluding hydrogens is 526 g/mol. The molecule has 40 heavy (non-hydrogen) atoms. The number of likely N-dealkylation sites (N-methyl/N-ethyl adjacent to an activating group) is 2. The Balaban J connectivity index is 0.000000902. The Morgan fingerprint density at radius 2 is 1.80 bits per heavy atom. The topological polar surface area (TPSA) is 84.7 Å². The molecule has 0 fully saturated rings. The van der Waals surface area contributed by atoms with Gasteiger partial charge in [-0.3, -0.25) is 9.59 Å². The summed E-state index contributed by atoms with van der Waals surface area (Å²) in [5.74, 6) is 2.25. The molecule has 1 unspecified atom stereocenters. The van der Waals surface area contributed by atoms with Crippen LogP contribution >= 0.6 is 0 Å². The second-order valence-corrected chi connectivity index (χ2v) is 8.57. The maximum absolute atomic E-state index is 13.3. The highest BCUT2D eigenvalue weighted by Crippen LogP contribution is 2.29. The van der Waals surface area contributed by atoms with Gasteiger partial charge in [-0.2, -0.15) is 13.2 Å². The summed E-state index contributed by atoms with van der Waals surface area (Å²) in [7, 11) is 3.11. The van der Waals surface area contributed by atoms with Crippen molar-refractivity contribution in [3.05, 3.63) is 65.0 Å². The molecule has 2 rings (SSSR count). The Kier molecular flexibility index (Phi) is 17.7. The van der Waals surface area contributed by atoms with E-state index in [1.807, 2.05) is 20.8 Å². The van der Waals surface area contributed by atoms with E-state index in [1.54, 1.807) is 19.2 Å². The van der Waals surface area contributed by atoms with E-state index in [1.165, 1.54) is 30.1 Å². The maximum Gasteiger partial charge on any atom is 0.416 e. The van der Waals surface area contributed by atoms with Crippen LogP contribution in [0.5, 0.6) is 5.75 Å². The van der Waals surface area contributed by atoms with Gasteiger partial charge in [0.15, 0.2) is 0 Å². The summed E-state index contributed by atoms with van der Waals surface area (Å²) in [6.07, 6.45) is 3.77. The number of amides is 2. The van der Waals surface area contributed by atoms with E-state index in [9.17, 15) is 27.2 Å². The molecule has 2 amide bonds. The van der Waals surface area contributed by atoms with Crippen molar-refractivity contribution in [1.82, 2.24) is 10.2 Å². The Bertz CT molecular complexity index is 1060. The summed E-state index contributed by atoms with van der Waals surface area (Å²) in [6, 6.07) is 8.94. The van der Waals surface area contributed by atoms with Crippen LogP contribution in [0.4, 0.5) is 17.6 Å². The highest BCUT2D eigenvalue weighted by atomic mass is 19.4. The van der Waals surface area contributed by atoms with Gasteiger partial charge in [-0.1, -0.05) is 32.0 Å². The lowest BCUT2D eigenvalue weighted by Crippen LogP contribution is -2.46. The lowest BCUT2D eigenvalue weighted by Gasteiger charge is -2.25. The predicted octanol–water partition coefficient (Wildman–Crippen LogP) is 5.86. The smallest absolute Gasteiger partial charge is 0.416 e. The van der Waals surface area contributed by atoms with Gasteiger partial charge in [-0.25, -0.2) is 4.39 Å². The molecule has 0 aliphatic heterocycles. The zero-order valence-corrected chi connectivity index (χ0v) is 23.9. The van der Waals surface area contributed by atoms with Gasteiger partial charge in [-0.15, -0.1) is 12.3 Å². The molecular formula is C30H41F4N3O3. The molecule has 0 radical (unpaired) electrons. The monoisotopic (exact) mass is 567 g/mol. The summed E-state index contributed by atoms with van der Waals surface area (Å²) in [4.78, 5) is 25.4. The van der Waals surface area contributed by atoms with Crippen molar-refractivity contribution in [3.63, 3.8) is 0 Å². The van der Waals surface area contributed by atoms with Crippen molar-refractivity contribution in [2.75, 3.05) is 20.7 Å². The number of unbranched alkanes of at least 4 members (excludes halogenated alkanes) is 2. The third-order valence-electron chi connectivity index (χ3n) is 5.53. The minimum atomic E-state index is -4.27. The van der Waals surface area contributed by atoms with Gasteiger partial charge >= 0.3 is 6.18 Å². The normalized spacial score (nSPS) is 11.0. The quantitative estimate of drug-likeness (QED) is 0.202. The Hall–Kier alpha value is -3.58. The molecule has 0 aliphatic rings. The number of benzene rings is 2. The van der Waals surface area contributed by atoms with E-state index in [-0.39, 0.29) is 30.6 Å². The highest BCUT2D eigenvalue weighted by Gasteiger charge is 2.30. The third-order valence-corrected chi connectivity index (χ3v) is 5.53. The summed E-state index contributed by atoms with van der Waals surface area (Å²) >= 11 is 0. The first kappa shape index (κ1) is 36.4. The van der Waals surface area contributed by atoms with Crippen molar-refractivity contribution in [2.45, 2.75) is 71.6 Å². The van der Waals surface area contributed by atoms with E-state index >= 15 is 0 Å². The van der Waals surface area contributed by atoms with Gasteiger partial charge < -0.3 is 20.7 Å². The Labute approximate surface area is 235 Å². The summed E-state index contributed by atoms with van der Waals surface area (Å²) in [6.45, 7) is 6.40. The lowest BCUT2D eigenvalue weighted by atomic mass is 10.1. The molecule has 3 N–H and O–H groups in total. The number of nitrogens with two attached hydrogens (primary N) is 1. The highest BCUT2D eigenvalue weighted by molar-refractivity contribution is 5.87. The van der Waals surface area contributed by atoms with Crippen LogP contribution in [0.1, 0.15) is 62.6 Å². The van der Waals surface area contributed by atoms with Gasteiger partial charge in [0.2, 0.25) is 11.8 Å². The fourth-order valence-corrected chi connectivity index (χ4v) is 3.44. The largest absolute Gasteiger partial charge is 0.493 e. The Morgan fingerprint density at radius 3 is 2.35 bits per heavy atom. The van der Waals surface area contributed by atoms with Crippen molar-refractivity contribution >= 4 is 11.8 Å². The molecule has 6 nitrogen and oxygen atoms in total. The van der Waals surface area contributed by atoms with Gasteiger partial charge in [0.1, 0.15) is 17.6 Å². The SMILES string of the molecule is C#CCC(C(=O)NC)N(C)C(=O)CCCCCOc1cc(C)cc(F)c1.CC.NCc1cccc(C(F)(F)F)c1. The number of carbonyl (C=O) groups excluding carboxylic acids is 2. The number of ether oxygens (including phenoxy) is 1. The van der Waals surface area contributed by atoms with Gasteiger partial charge in [0, 0.05) is 39.5 Å². The van der Waals surface area contributed by atoms with E-state index in [0.29, 0.717) is 30.8 Å².